The van der Waals surface area contributed by atoms with E-state index in [0.717, 1.165) is 6.42 Å². The van der Waals surface area contributed by atoms with Gasteiger partial charge in [-0.05, 0) is 18.6 Å². The monoisotopic (exact) mass is 278 g/mol. The number of hydrogen-bond acceptors (Lipinski definition) is 5. The first-order valence-corrected chi connectivity index (χ1v) is 6.48. The van der Waals surface area contributed by atoms with Gasteiger partial charge in [0.15, 0.2) is 0 Å². The highest BCUT2D eigenvalue weighted by Crippen LogP contribution is 2.27. The summed E-state index contributed by atoms with van der Waals surface area (Å²) in [5.74, 6) is -0.651. The minimum atomic E-state index is -0.344. The van der Waals surface area contributed by atoms with Crippen molar-refractivity contribution in [3.63, 3.8) is 0 Å². The second kappa shape index (κ2) is 6.49. The van der Waals surface area contributed by atoms with E-state index < -0.39 is 0 Å². The molecule has 0 saturated carbocycles. The molecule has 2 N–H and O–H groups in total. The lowest BCUT2D eigenvalue weighted by Crippen LogP contribution is -2.33. The van der Waals surface area contributed by atoms with Crippen LogP contribution >= 0.6 is 0 Å². The Bertz CT molecular complexity index is 516. The molecule has 0 bridgehead atoms. The third-order valence-electron chi connectivity index (χ3n) is 3.13. The van der Waals surface area contributed by atoms with Crippen molar-refractivity contribution in [2.45, 2.75) is 6.42 Å². The fraction of sp³-hybridized carbons (Fsp3) is 0.429. The van der Waals surface area contributed by atoms with Crippen LogP contribution < -0.4 is 5.73 Å². The number of nitrogens with two attached hydrogens (primary N) is 1. The van der Waals surface area contributed by atoms with Crippen LogP contribution in [0.1, 0.15) is 27.1 Å². The lowest BCUT2D eigenvalue weighted by molar-refractivity contribution is 0.0538. The summed E-state index contributed by atoms with van der Waals surface area (Å²) in [5.41, 5.74) is 6.76. The van der Waals surface area contributed by atoms with Crippen LogP contribution in [0.3, 0.4) is 0 Å². The van der Waals surface area contributed by atoms with Crippen molar-refractivity contribution in [2.24, 2.45) is 0 Å². The smallest absolute Gasteiger partial charge is 0.263 e. The maximum atomic E-state index is 12.1. The topological polar surface area (TPSA) is 81.9 Å². The minimum absolute atomic E-state index is 0.235. The van der Waals surface area contributed by atoms with Gasteiger partial charge in [0.1, 0.15) is 0 Å². The molecule has 0 atom stereocenters. The first kappa shape index (κ1) is 14.5. The van der Waals surface area contributed by atoms with Gasteiger partial charge >= 0.3 is 0 Å². The molecule has 1 aromatic rings. The van der Waals surface area contributed by atoms with Gasteiger partial charge in [0.25, 0.3) is 11.8 Å². The number of carbonyl (C=O) groups is 2. The molecule has 0 unspecified atom stereocenters. The van der Waals surface area contributed by atoms with Crippen LogP contribution in [-0.4, -0.2) is 50.2 Å². The summed E-state index contributed by atoms with van der Waals surface area (Å²) in [4.78, 5) is 25.4. The van der Waals surface area contributed by atoms with Crippen LogP contribution in [0.5, 0.6) is 0 Å². The molecule has 20 heavy (non-hydrogen) atoms. The van der Waals surface area contributed by atoms with Gasteiger partial charge in [-0.25, -0.2) is 0 Å². The Morgan fingerprint density at radius 1 is 1.15 bits per heavy atom. The lowest BCUT2D eigenvalue weighted by Gasteiger charge is -2.13. The summed E-state index contributed by atoms with van der Waals surface area (Å²) in [6, 6.07) is 4.91. The summed E-state index contributed by atoms with van der Waals surface area (Å²) in [6.45, 7) is 1.72. The summed E-state index contributed by atoms with van der Waals surface area (Å²) in [7, 11) is 1.63. The lowest BCUT2D eigenvalue weighted by atomic mass is 10.1. The molecule has 2 rings (SSSR count). The molecule has 1 heterocycles. The normalized spacial score (nSPS) is 13.9. The molecule has 0 spiro atoms. The number of anilines is 1. The minimum Gasteiger partial charge on any atom is -0.398 e. The van der Waals surface area contributed by atoms with Gasteiger partial charge in [0.05, 0.1) is 24.3 Å². The molecule has 108 valence electrons. The van der Waals surface area contributed by atoms with E-state index in [1.165, 1.54) is 4.90 Å². The van der Waals surface area contributed by atoms with Crippen molar-refractivity contribution in [1.82, 2.24) is 4.90 Å². The number of carbonyl (C=O) groups excluding carboxylic acids is 2. The Morgan fingerprint density at radius 3 is 2.65 bits per heavy atom. The largest absolute Gasteiger partial charge is 0.398 e. The standard InChI is InChI=1S/C14H18N2O4/c1-19-7-3-8-20-9-6-16-13(17)10-4-2-5-11(15)12(10)14(16)18/h2,4-5H,3,6-9,15H2,1H3. The number of imide groups is 1. The van der Waals surface area contributed by atoms with E-state index in [9.17, 15) is 9.59 Å². The SMILES string of the molecule is COCCCOCCN1C(=O)c2cccc(N)c2C1=O. The van der Waals surface area contributed by atoms with E-state index in [2.05, 4.69) is 0 Å². The van der Waals surface area contributed by atoms with Crippen LogP contribution in [-0.2, 0) is 9.47 Å². The Kier molecular flexibility index (Phi) is 4.70. The molecular formula is C14H18N2O4. The van der Waals surface area contributed by atoms with E-state index in [1.807, 2.05) is 0 Å². The Morgan fingerprint density at radius 2 is 1.95 bits per heavy atom. The molecule has 0 radical (unpaired) electrons. The van der Waals surface area contributed by atoms with E-state index in [1.54, 1.807) is 25.3 Å². The van der Waals surface area contributed by atoms with Crippen LogP contribution in [0, 0.1) is 0 Å². The fourth-order valence-corrected chi connectivity index (χ4v) is 2.13. The first-order chi connectivity index (χ1) is 9.66. The fourth-order valence-electron chi connectivity index (χ4n) is 2.13. The summed E-state index contributed by atoms with van der Waals surface area (Å²) < 4.78 is 10.3. The van der Waals surface area contributed by atoms with Crippen molar-refractivity contribution in [1.29, 1.82) is 0 Å². The predicted octanol–water partition coefficient (Wildman–Crippen LogP) is 0.918. The van der Waals surface area contributed by atoms with Gasteiger partial charge in [-0.2, -0.15) is 0 Å². The van der Waals surface area contributed by atoms with Crippen LogP contribution in [0.2, 0.25) is 0 Å². The van der Waals surface area contributed by atoms with Gasteiger partial charge in [-0.1, -0.05) is 6.07 Å². The second-order valence-corrected chi connectivity index (χ2v) is 4.49. The summed E-state index contributed by atoms with van der Waals surface area (Å²) in [6.07, 6.45) is 0.783. The molecule has 0 saturated heterocycles. The second-order valence-electron chi connectivity index (χ2n) is 4.49. The number of rotatable bonds is 7. The van der Waals surface area contributed by atoms with E-state index >= 15 is 0 Å². The molecule has 6 heteroatoms. The molecule has 0 aliphatic carbocycles. The highest BCUT2D eigenvalue weighted by Gasteiger charge is 2.36. The highest BCUT2D eigenvalue weighted by molar-refractivity contribution is 6.23. The van der Waals surface area contributed by atoms with Crippen molar-refractivity contribution >= 4 is 17.5 Å². The van der Waals surface area contributed by atoms with Gasteiger partial charge < -0.3 is 15.2 Å². The number of ether oxygens (including phenoxy) is 2. The Hall–Kier alpha value is -1.92. The number of nitrogens with zero attached hydrogens (tertiary/aromatic N) is 1. The van der Waals surface area contributed by atoms with Crippen LogP contribution in [0.4, 0.5) is 5.69 Å². The molecule has 1 aromatic carbocycles. The molecular weight excluding hydrogens is 260 g/mol. The maximum absolute atomic E-state index is 12.1. The number of amides is 2. The van der Waals surface area contributed by atoms with Gasteiger partial charge in [-0.3, -0.25) is 14.5 Å². The highest BCUT2D eigenvalue weighted by atomic mass is 16.5. The van der Waals surface area contributed by atoms with Crippen molar-refractivity contribution in [3.8, 4) is 0 Å². The van der Waals surface area contributed by atoms with Gasteiger partial charge in [0.2, 0.25) is 0 Å². The molecule has 2 amide bonds. The third kappa shape index (κ3) is 2.81. The summed E-state index contributed by atoms with van der Waals surface area (Å²) >= 11 is 0. The number of methoxy groups -OCH3 is 1. The predicted molar refractivity (Wildman–Crippen MR) is 73.5 cm³/mol. The molecule has 1 aliphatic rings. The van der Waals surface area contributed by atoms with E-state index in [4.69, 9.17) is 15.2 Å². The molecule has 6 nitrogen and oxygen atoms in total. The van der Waals surface area contributed by atoms with E-state index in [-0.39, 0.29) is 18.4 Å². The third-order valence-corrected chi connectivity index (χ3v) is 3.13. The average Bonchev–Trinajstić information content (AvgIpc) is 2.68. The van der Waals surface area contributed by atoms with Gasteiger partial charge in [-0.15, -0.1) is 0 Å². The number of benzene rings is 1. The van der Waals surface area contributed by atoms with Crippen molar-refractivity contribution in [3.05, 3.63) is 29.3 Å². The molecule has 0 aromatic heterocycles. The maximum Gasteiger partial charge on any atom is 0.263 e. The molecule has 1 aliphatic heterocycles. The van der Waals surface area contributed by atoms with Crippen molar-refractivity contribution < 1.29 is 19.1 Å². The number of nitrogen functional groups attached to an aromatic ring is 1. The zero-order valence-corrected chi connectivity index (χ0v) is 11.4. The van der Waals surface area contributed by atoms with Crippen LogP contribution in [0.25, 0.3) is 0 Å². The van der Waals surface area contributed by atoms with Gasteiger partial charge in [0, 0.05) is 26.0 Å². The van der Waals surface area contributed by atoms with Crippen molar-refractivity contribution in [2.75, 3.05) is 39.2 Å². The van der Waals surface area contributed by atoms with E-state index in [0.29, 0.717) is 36.6 Å². The number of fused-ring (bicyclic) bond motifs is 1. The molecule has 0 fully saturated rings. The van der Waals surface area contributed by atoms with Crippen LogP contribution in [0.15, 0.2) is 18.2 Å². The Balaban J connectivity index is 1.91. The zero-order valence-electron chi connectivity index (χ0n) is 11.4. The average molecular weight is 278 g/mol. The zero-order chi connectivity index (χ0) is 14.5. The quantitative estimate of drug-likeness (QED) is 0.455. The summed E-state index contributed by atoms with van der Waals surface area (Å²) in [5, 5.41) is 0. The number of hydrogen-bond donors (Lipinski definition) is 1. The Labute approximate surface area is 117 Å². The first-order valence-electron chi connectivity index (χ1n) is 6.48.